The summed E-state index contributed by atoms with van der Waals surface area (Å²) in [5.74, 6) is -3.30. The van der Waals surface area contributed by atoms with Crippen molar-refractivity contribution in [3.8, 4) is 0 Å². The Balaban J connectivity index is 3.16. The first kappa shape index (κ1) is 16.5. The summed E-state index contributed by atoms with van der Waals surface area (Å²) < 4.78 is 38.7. The van der Waals surface area contributed by atoms with Crippen molar-refractivity contribution in [1.29, 1.82) is 0 Å². The van der Waals surface area contributed by atoms with Gasteiger partial charge in [0.1, 0.15) is 0 Å². The van der Waals surface area contributed by atoms with Gasteiger partial charge >= 0.3 is 12.1 Å². The highest BCUT2D eigenvalue weighted by atomic mass is 79.9. The summed E-state index contributed by atoms with van der Waals surface area (Å²) in [4.78, 5) is 22.7. The number of carboxylic acid groups (broad SMARTS) is 1. The van der Waals surface area contributed by atoms with Gasteiger partial charge in [0.25, 0.3) is 5.91 Å². The number of hydrogen-bond acceptors (Lipinski definition) is 2. The van der Waals surface area contributed by atoms with Crippen LogP contribution in [-0.4, -0.2) is 28.7 Å². The maximum Gasteiger partial charge on any atom is 0.422 e. The van der Waals surface area contributed by atoms with Gasteiger partial charge in [0, 0.05) is 4.47 Å². The van der Waals surface area contributed by atoms with Gasteiger partial charge in [0.15, 0.2) is 0 Å². The Hall–Kier alpha value is -1.57. The molecule has 0 heterocycles. The summed E-state index contributed by atoms with van der Waals surface area (Å²) in [6.07, 6.45) is -5.12. The van der Waals surface area contributed by atoms with Gasteiger partial charge in [-0.3, -0.25) is 4.79 Å². The molecule has 1 aromatic carbocycles. The summed E-state index contributed by atoms with van der Waals surface area (Å²) in [6.45, 7) is 2.06. The molecular formula is C12H11BrF3NO3. The van der Waals surface area contributed by atoms with Crippen LogP contribution in [0.15, 0.2) is 22.7 Å². The quantitative estimate of drug-likeness (QED) is 0.877. The van der Waals surface area contributed by atoms with E-state index in [0.717, 1.165) is 0 Å². The molecule has 20 heavy (non-hydrogen) atoms. The highest BCUT2D eigenvalue weighted by Gasteiger charge is 2.58. The summed E-state index contributed by atoms with van der Waals surface area (Å²) in [7, 11) is 0. The van der Waals surface area contributed by atoms with Crippen LogP contribution in [-0.2, 0) is 4.79 Å². The second-order valence-corrected chi connectivity index (χ2v) is 5.22. The van der Waals surface area contributed by atoms with E-state index in [1.54, 1.807) is 13.0 Å². The van der Waals surface area contributed by atoms with E-state index in [1.807, 2.05) is 0 Å². The van der Waals surface area contributed by atoms with Crippen LogP contribution in [0.2, 0.25) is 0 Å². The van der Waals surface area contributed by atoms with Gasteiger partial charge in [-0.05, 0) is 41.9 Å². The SMILES string of the molecule is Cc1ccc(Br)c(C(=O)NC(C)(C(=O)O)C(F)(F)F)c1. The van der Waals surface area contributed by atoms with E-state index in [0.29, 0.717) is 12.5 Å². The molecule has 0 aromatic heterocycles. The van der Waals surface area contributed by atoms with Gasteiger partial charge in [0.2, 0.25) is 5.54 Å². The van der Waals surface area contributed by atoms with Gasteiger partial charge in [0.05, 0.1) is 5.56 Å². The van der Waals surface area contributed by atoms with Gasteiger partial charge < -0.3 is 10.4 Å². The van der Waals surface area contributed by atoms with Crippen LogP contribution in [0, 0.1) is 6.92 Å². The number of carbonyl (C=O) groups is 2. The Bertz CT molecular complexity index is 559. The number of hydrogen-bond donors (Lipinski definition) is 2. The molecule has 110 valence electrons. The van der Waals surface area contributed by atoms with Crippen LogP contribution in [0.25, 0.3) is 0 Å². The first-order chi connectivity index (χ1) is 8.99. The largest absolute Gasteiger partial charge is 0.479 e. The van der Waals surface area contributed by atoms with Crippen LogP contribution in [0.1, 0.15) is 22.8 Å². The number of carbonyl (C=O) groups excluding carboxylic acids is 1. The normalized spacial score (nSPS) is 14.5. The minimum atomic E-state index is -5.12. The summed E-state index contributed by atoms with van der Waals surface area (Å²) in [5, 5.41) is 10.3. The lowest BCUT2D eigenvalue weighted by Gasteiger charge is -2.28. The predicted molar refractivity (Wildman–Crippen MR) is 68.4 cm³/mol. The van der Waals surface area contributed by atoms with Crippen LogP contribution in [0.4, 0.5) is 13.2 Å². The van der Waals surface area contributed by atoms with E-state index in [-0.39, 0.29) is 10.0 Å². The van der Waals surface area contributed by atoms with Crippen molar-refractivity contribution in [2.24, 2.45) is 0 Å². The monoisotopic (exact) mass is 353 g/mol. The zero-order valence-corrected chi connectivity index (χ0v) is 12.1. The average Bonchev–Trinajstić information content (AvgIpc) is 2.30. The maximum absolute atomic E-state index is 12.8. The molecule has 0 radical (unpaired) electrons. The number of aliphatic carboxylic acids is 1. The first-order valence-electron chi connectivity index (χ1n) is 5.38. The van der Waals surface area contributed by atoms with Crippen molar-refractivity contribution in [2.75, 3.05) is 0 Å². The number of benzene rings is 1. The second-order valence-electron chi connectivity index (χ2n) is 4.37. The number of rotatable bonds is 3. The molecule has 0 saturated heterocycles. The standard InChI is InChI=1S/C12H11BrF3NO3/c1-6-3-4-8(13)7(5-6)9(18)17-11(2,10(19)20)12(14,15)16/h3-5H,1-2H3,(H,17,18)(H,19,20). The third kappa shape index (κ3) is 3.12. The smallest absolute Gasteiger partial charge is 0.422 e. The van der Waals surface area contributed by atoms with Crippen molar-refractivity contribution in [3.05, 3.63) is 33.8 Å². The minimum Gasteiger partial charge on any atom is -0.479 e. The van der Waals surface area contributed by atoms with Crippen molar-refractivity contribution >= 4 is 27.8 Å². The van der Waals surface area contributed by atoms with Crippen molar-refractivity contribution in [3.63, 3.8) is 0 Å². The molecule has 4 nitrogen and oxygen atoms in total. The van der Waals surface area contributed by atoms with Crippen molar-refractivity contribution in [1.82, 2.24) is 5.32 Å². The maximum atomic E-state index is 12.8. The number of aryl methyl sites for hydroxylation is 1. The lowest BCUT2D eigenvalue weighted by Crippen LogP contribution is -2.61. The second kappa shape index (κ2) is 5.43. The molecule has 0 aliphatic rings. The van der Waals surface area contributed by atoms with Gasteiger partial charge in [-0.15, -0.1) is 0 Å². The predicted octanol–water partition coefficient (Wildman–Crippen LogP) is 2.89. The minimum absolute atomic E-state index is 0.0678. The molecular weight excluding hydrogens is 343 g/mol. The van der Waals surface area contributed by atoms with Gasteiger partial charge in [-0.2, -0.15) is 13.2 Å². The highest BCUT2D eigenvalue weighted by Crippen LogP contribution is 2.31. The summed E-state index contributed by atoms with van der Waals surface area (Å²) in [5.41, 5.74) is -2.77. The molecule has 0 saturated carbocycles. The first-order valence-corrected chi connectivity index (χ1v) is 6.17. The van der Waals surface area contributed by atoms with E-state index < -0.39 is 23.6 Å². The van der Waals surface area contributed by atoms with Crippen molar-refractivity contribution in [2.45, 2.75) is 25.6 Å². The fraction of sp³-hybridized carbons (Fsp3) is 0.333. The molecule has 1 amide bonds. The Labute approximate surface area is 121 Å². The molecule has 1 aromatic rings. The van der Waals surface area contributed by atoms with E-state index in [1.165, 1.54) is 17.4 Å². The molecule has 0 bridgehead atoms. The Morgan fingerprint density at radius 2 is 1.85 bits per heavy atom. The molecule has 1 atom stereocenters. The third-order valence-corrected chi connectivity index (χ3v) is 3.42. The zero-order valence-electron chi connectivity index (χ0n) is 10.5. The fourth-order valence-electron chi connectivity index (χ4n) is 1.35. The summed E-state index contributed by atoms with van der Waals surface area (Å²) in [6, 6.07) is 4.51. The molecule has 1 rings (SSSR count). The third-order valence-electron chi connectivity index (χ3n) is 2.72. The fourth-order valence-corrected chi connectivity index (χ4v) is 1.78. The van der Waals surface area contributed by atoms with Crippen LogP contribution in [0.3, 0.4) is 0 Å². The van der Waals surface area contributed by atoms with Crippen LogP contribution in [0.5, 0.6) is 0 Å². The van der Waals surface area contributed by atoms with E-state index in [2.05, 4.69) is 15.9 Å². The number of halogens is 4. The van der Waals surface area contributed by atoms with Crippen LogP contribution < -0.4 is 5.32 Å². The molecule has 0 spiro atoms. The molecule has 0 fully saturated rings. The topological polar surface area (TPSA) is 66.4 Å². The van der Waals surface area contributed by atoms with E-state index in [4.69, 9.17) is 5.11 Å². The van der Waals surface area contributed by atoms with Gasteiger partial charge in [-0.25, -0.2) is 4.79 Å². The number of alkyl halides is 3. The number of nitrogens with one attached hydrogen (secondary N) is 1. The molecule has 0 aliphatic carbocycles. The molecule has 8 heteroatoms. The Morgan fingerprint density at radius 1 is 1.30 bits per heavy atom. The van der Waals surface area contributed by atoms with Crippen molar-refractivity contribution < 1.29 is 27.9 Å². The lowest BCUT2D eigenvalue weighted by molar-refractivity contribution is -0.203. The highest BCUT2D eigenvalue weighted by molar-refractivity contribution is 9.10. The Morgan fingerprint density at radius 3 is 2.30 bits per heavy atom. The van der Waals surface area contributed by atoms with E-state index in [9.17, 15) is 22.8 Å². The zero-order chi connectivity index (χ0) is 15.7. The number of amides is 1. The molecule has 2 N–H and O–H groups in total. The Kier molecular flexibility index (Phi) is 4.48. The van der Waals surface area contributed by atoms with E-state index >= 15 is 0 Å². The van der Waals surface area contributed by atoms with Gasteiger partial charge in [-0.1, -0.05) is 11.6 Å². The molecule has 1 unspecified atom stereocenters. The van der Waals surface area contributed by atoms with Crippen LogP contribution >= 0.6 is 15.9 Å². The average molecular weight is 354 g/mol. The lowest BCUT2D eigenvalue weighted by atomic mass is 10.0. The number of carboxylic acids is 1. The summed E-state index contributed by atoms with van der Waals surface area (Å²) >= 11 is 3.04. The molecule has 0 aliphatic heterocycles.